The van der Waals surface area contributed by atoms with Crippen LogP contribution in [0, 0.1) is 11.3 Å². The molecule has 1 aliphatic rings. The van der Waals surface area contributed by atoms with Crippen LogP contribution in [-0.2, 0) is 17.6 Å². The number of primary amides is 1. The molecule has 0 spiro atoms. The van der Waals surface area contributed by atoms with Crippen LogP contribution in [0.15, 0.2) is 34.7 Å². The third-order valence-corrected chi connectivity index (χ3v) is 4.30. The van der Waals surface area contributed by atoms with Crippen LogP contribution in [-0.4, -0.2) is 23.5 Å². The van der Waals surface area contributed by atoms with Crippen molar-refractivity contribution < 1.29 is 9.21 Å². The lowest BCUT2D eigenvalue weighted by atomic mass is 10.1. The van der Waals surface area contributed by atoms with Gasteiger partial charge in [0.2, 0.25) is 17.5 Å². The summed E-state index contributed by atoms with van der Waals surface area (Å²) in [6, 6.07) is 11.9. The van der Waals surface area contributed by atoms with Crippen molar-refractivity contribution in [3.05, 3.63) is 47.5 Å². The highest BCUT2D eigenvalue weighted by Crippen LogP contribution is 2.29. The Balaban J connectivity index is 1.69. The van der Waals surface area contributed by atoms with Crippen LogP contribution in [0.1, 0.15) is 36.4 Å². The predicted molar refractivity (Wildman–Crippen MR) is 89.2 cm³/mol. The molecule has 1 atom stereocenters. The Morgan fingerprint density at radius 2 is 2.17 bits per heavy atom. The highest BCUT2D eigenvalue weighted by Gasteiger charge is 2.33. The summed E-state index contributed by atoms with van der Waals surface area (Å²) in [6.07, 6.45) is 3.99. The number of amides is 1. The number of oxazole rings is 1. The second kappa shape index (κ2) is 7.18. The zero-order valence-corrected chi connectivity index (χ0v) is 13.4. The van der Waals surface area contributed by atoms with Crippen LogP contribution >= 0.6 is 0 Å². The van der Waals surface area contributed by atoms with Gasteiger partial charge in [0.1, 0.15) is 12.1 Å². The number of hydrogen-bond acceptors (Lipinski definition) is 5. The summed E-state index contributed by atoms with van der Waals surface area (Å²) in [5.41, 5.74) is 6.94. The molecule has 1 saturated heterocycles. The number of nitrogens with two attached hydrogens (primary N) is 1. The van der Waals surface area contributed by atoms with Crippen LogP contribution in [0.2, 0.25) is 0 Å². The Morgan fingerprint density at radius 3 is 2.88 bits per heavy atom. The maximum Gasteiger partial charge on any atom is 0.240 e. The highest BCUT2D eigenvalue weighted by atomic mass is 16.4. The summed E-state index contributed by atoms with van der Waals surface area (Å²) in [5.74, 6) is 0.527. The van der Waals surface area contributed by atoms with Gasteiger partial charge in [-0.1, -0.05) is 30.3 Å². The topological polar surface area (TPSA) is 96.2 Å². The number of anilines is 1. The van der Waals surface area contributed by atoms with E-state index in [0.29, 0.717) is 31.2 Å². The van der Waals surface area contributed by atoms with Gasteiger partial charge >= 0.3 is 0 Å². The van der Waals surface area contributed by atoms with Gasteiger partial charge in [0.05, 0.1) is 0 Å². The fraction of sp³-hybridized carbons (Fsp3) is 0.389. The molecule has 0 radical (unpaired) electrons. The van der Waals surface area contributed by atoms with Gasteiger partial charge < -0.3 is 15.1 Å². The smallest absolute Gasteiger partial charge is 0.240 e. The van der Waals surface area contributed by atoms with Crippen molar-refractivity contribution in [3.8, 4) is 6.07 Å². The zero-order chi connectivity index (χ0) is 16.9. The number of nitriles is 1. The van der Waals surface area contributed by atoms with E-state index < -0.39 is 11.9 Å². The van der Waals surface area contributed by atoms with Crippen molar-refractivity contribution in [2.24, 2.45) is 5.73 Å². The van der Waals surface area contributed by atoms with Crippen LogP contribution in [0.5, 0.6) is 0 Å². The molecular formula is C18H20N4O2. The quantitative estimate of drug-likeness (QED) is 0.878. The van der Waals surface area contributed by atoms with Crippen molar-refractivity contribution in [2.45, 2.75) is 38.1 Å². The Labute approximate surface area is 140 Å². The summed E-state index contributed by atoms with van der Waals surface area (Å²) in [7, 11) is 0. The average Bonchev–Trinajstić information content (AvgIpc) is 3.22. The van der Waals surface area contributed by atoms with Crippen LogP contribution in [0.25, 0.3) is 0 Å². The molecule has 124 valence electrons. The molecule has 0 saturated carbocycles. The first-order chi connectivity index (χ1) is 11.7. The summed E-state index contributed by atoms with van der Waals surface area (Å²) < 4.78 is 5.79. The van der Waals surface area contributed by atoms with Gasteiger partial charge in [-0.2, -0.15) is 5.26 Å². The first-order valence-corrected chi connectivity index (χ1v) is 8.18. The molecule has 0 bridgehead atoms. The zero-order valence-electron chi connectivity index (χ0n) is 13.4. The van der Waals surface area contributed by atoms with Gasteiger partial charge in [0.25, 0.3) is 0 Å². The Bertz CT molecular complexity index is 748. The van der Waals surface area contributed by atoms with Gasteiger partial charge in [-0.25, -0.2) is 4.98 Å². The summed E-state index contributed by atoms with van der Waals surface area (Å²) in [5, 5.41) is 9.31. The van der Waals surface area contributed by atoms with E-state index in [9.17, 15) is 10.1 Å². The number of rotatable bonds is 6. The molecule has 2 heterocycles. The van der Waals surface area contributed by atoms with Crippen molar-refractivity contribution >= 4 is 11.8 Å². The van der Waals surface area contributed by atoms with E-state index in [4.69, 9.17) is 10.2 Å². The minimum Gasteiger partial charge on any atom is -0.424 e. The first-order valence-electron chi connectivity index (χ1n) is 8.18. The summed E-state index contributed by atoms with van der Waals surface area (Å²) >= 11 is 0. The standard InChI is InChI=1S/C18H20N4O2/c19-12-14-18(22-11-5-9-15(22)17(20)23)24-16(21-14)10-4-8-13-6-2-1-3-7-13/h1-3,6-7,15H,4-5,8-11H2,(H2,20,23)/t15-/m0/s1. The summed E-state index contributed by atoms with van der Waals surface area (Å²) in [6.45, 7) is 0.654. The van der Waals surface area contributed by atoms with Crippen LogP contribution < -0.4 is 10.6 Å². The van der Waals surface area contributed by atoms with E-state index in [0.717, 1.165) is 19.3 Å². The van der Waals surface area contributed by atoms with Crippen molar-refractivity contribution in [3.63, 3.8) is 0 Å². The number of carbonyl (C=O) groups excluding carboxylic acids is 1. The second-order valence-electron chi connectivity index (χ2n) is 5.97. The third kappa shape index (κ3) is 3.40. The van der Waals surface area contributed by atoms with Crippen molar-refractivity contribution in [1.82, 2.24) is 4.98 Å². The van der Waals surface area contributed by atoms with E-state index >= 15 is 0 Å². The minimum atomic E-state index is -0.415. The number of nitrogens with zero attached hydrogens (tertiary/aromatic N) is 3. The molecule has 0 aliphatic carbocycles. The number of hydrogen-bond donors (Lipinski definition) is 1. The SMILES string of the molecule is N#Cc1nc(CCCc2ccccc2)oc1N1CCC[C@H]1C(N)=O. The number of benzene rings is 1. The fourth-order valence-corrected chi connectivity index (χ4v) is 3.12. The molecule has 1 aliphatic heterocycles. The molecule has 3 rings (SSSR count). The van der Waals surface area contributed by atoms with E-state index in [1.54, 1.807) is 4.90 Å². The predicted octanol–water partition coefficient (Wildman–Crippen LogP) is 2.18. The van der Waals surface area contributed by atoms with E-state index in [1.807, 2.05) is 18.2 Å². The molecule has 0 unspecified atom stereocenters. The highest BCUT2D eigenvalue weighted by molar-refractivity contribution is 5.84. The van der Waals surface area contributed by atoms with Gasteiger partial charge in [-0.05, 0) is 31.2 Å². The van der Waals surface area contributed by atoms with Gasteiger partial charge in [-0.3, -0.25) is 4.79 Å². The van der Waals surface area contributed by atoms with Crippen LogP contribution in [0.3, 0.4) is 0 Å². The Hall–Kier alpha value is -2.81. The second-order valence-corrected chi connectivity index (χ2v) is 5.97. The average molecular weight is 324 g/mol. The molecule has 1 fully saturated rings. The molecule has 1 aromatic heterocycles. The van der Waals surface area contributed by atoms with Gasteiger partial charge in [0, 0.05) is 13.0 Å². The molecule has 6 nitrogen and oxygen atoms in total. The number of carbonyl (C=O) groups is 1. The monoisotopic (exact) mass is 324 g/mol. The molecule has 24 heavy (non-hydrogen) atoms. The van der Waals surface area contributed by atoms with E-state index in [-0.39, 0.29) is 5.69 Å². The fourth-order valence-electron chi connectivity index (χ4n) is 3.12. The lowest BCUT2D eigenvalue weighted by Gasteiger charge is -2.20. The van der Waals surface area contributed by atoms with Crippen LogP contribution in [0.4, 0.5) is 5.88 Å². The molecule has 2 N–H and O–H groups in total. The third-order valence-electron chi connectivity index (χ3n) is 4.30. The Morgan fingerprint density at radius 1 is 1.38 bits per heavy atom. The lowest BCUT2D eigenvalue weighted by Crippen LogP contribution is -2.40. The molecule has 1 aromatic carbocycles. The van der Waals surface area contributed by atoms with Crippen molar-refractivity contribution in [1.29, 1.82) is 5.26 Å². The Kier molecular flexibility index (Phi) is 4.80. The molecule has 1 amide bonds. The normalized spacial score (nSPS) is 17.0. The van der Waals surface area contributed by atoms with Gasteiger partial charge in [-0.15, -0.1) is 0 Å². The van der Waals surface area contributed by atoms with E-state index in [2.05, 4.69) is 23.2 Å². The maximum atomic E-state index is 11.6. The van der Waals surface area contributed by atoms with Crippen molar-refractivity contribution in [2.75, 3.05) is 11.4 Å². The number of aromatic nitrogens is 1. The molecular weight excluding hydrogens is 304 g/mol. The van der Waals surface area contributed by atoms with E-state index in [1.165, 1.54) is 5.56 Å². The number of aryl methyl sites for hydroxylation is 2. The minimum absolute atomic E-state index is 0.234. The lowest BCUT2D eigenvalue weighted by molar-refractivity contribution is -0.119. The summed E-state index contributed by atoms with van der Waals surface area (Å²) in [4.78, 5) is 17.6. The van der Waals surface area contributed by atoms with Gasteiger partial charge in [0.15, 0.2) is 5.89 Å². The largest absolute Gasteiger partial charge is 0.424 e. The molecule has 2 aromatic rings. The first kappa shape index (κ1) is 16.1. The molecule has 6 heteroatoms. The maximum absolute atomic E-state index is 11.6.